The van der Waals surface area contributed by atoms with Crippen molar-refractivity contribution < 1.29 is 29.3 Å². The van der Waals surface area contributed by atoms with Crippen molar-refractivity contribution in [3.63, 3.8) is 0 Å². The number of rotatable bonds is 15. The van der Waals surface area contributed by atoms with Gasteiger partial charge in [-0.25, -0.2) is 4.79 Å². The number of benzene rings is 2. The average molecular weight is 576 g/mol. The van der Waals surface area contributed by atoms with Gasteiger partial charge in [-0.15, -0.1) is 11.8 Å². The number of carbonyl (C=O) groups is 2. The van der Waals surface area contributed by atoms with E-state index in [0.29, 0.717) is 39.0 Å². The SMILES string of the molecule is CCCO[C@@H](Cc1ccc(OCCN2CCSc3ccccc32)cc1)C(=O)O.NC(N)=NCCCC(N)C(=O)O. The molecule has 0 saturated heterocycles. The van der Waals surface area contributed by atoms with Crippen molar-refractivity contribution in [3.8, 4) is 5.75 Å². The molecular weight excluding hydrogens is 534 g/mol. The molecular formula is C28H41N5O6S. The number of aliphatic imine (C=N–C) groups is 1. The summed E-state index contributed by atoms with van der Waals surface area (Å²) >= 11 is 1.90. The van der Waals surface area contributed by atoms with Crippen molar-refractivity contribution in [2.45, 2.75) is 49.6 Å². The number of nitrogens with two attached hydrogens (primary N) is 3. The number of hydrogen-bond acceptors (Lipinski definition) is 8. The van der Waals surface area contributed by atoms with Crippen LogP contribution in [0.1, 0.15) is 31.7 Å². The van der Waals surface area contributed by atoms with Crippen molar-refractivity contribution in [1.82, 2.24) is 0 Å². The van der Waals surface area contributed by atoms with Gasteiger partial charge in [-0.2, -0.15) is 0 Å². The molecule has 0 spiro atoms. The van der Waals surface area contributed by atoms with E-state index in [-0.39, 0.29) is 5.96 Å². The van der Waals surface area contributed by atoms with Crippen LogP contribution in [0.15, 0.2) is 58.4 Å². The minimum absolute atomic E-state index is 0.0129. The van der Waals surface area contributed by atoms with Gasteiger partial charge in [0.1, 0.15) is 18.4 Å². The summed E-state index contributed by atoms with van der Waals surface area (Å²) in [5, 5.41) is 17.6. The van der Waals surface area contributed by atoms with E-state index in [1.54, 1.807) is 0 Å². The first-order valence-corrected chi connectivity index (χ1v) is 14.3. The van der Waals surface area contributed by atoms with Crippen LogP contribution in [0.5, 0.6) is 5.75 Å². The van der Waals surface area contributed by atoms with Crippen LogP contribution >= 0.6 is 11.8 Å². The van der Waals surface area contributed by atoms with Crippen molar-refractivity contribution in [2.75, 3.05) is 43.5 Å². The molecule has 3 rings (SSSR count). The van der Waals surface area contributed by atoms with Gasteiger partial charge < -0.3 is 41.8 Å². The summed E-state index contributed by atoms with van der Waals surface area (Å²) in [7, 11) is 0. The molecule has 0 fully saturated rings. The fourth-order valence-corrected chi connectivity index (χ4v) is 4.84. The molecule has 40 heavy (non-hydrogen) atoms. The van der Waals surface area contributed by atoms with E-state index in [9.17, 15) is 14.7 Å². The van der Waals surface area contributed by atoms with Gasteiger partial charge in [-0.05, 0) is 49.1 Å². The van der Waals surface area contributed by atoms with Crippen LogP contribution in [0.3, 0.4) is 0 Å². The van der Waals surface area contributed by atoms with Crippen molar-refractivity contribution in [3.05, 3.63) is 54.1 Å². The fraction of sp³-hybridized carbons (Fsp3) is 0.464. The van der Waals surface area contributed by atoms with E-state index in [1.807, 2.05) is 43.0 Å². The standard InChI is InChI=1S/C22H27NO4S.C6H14N4O2/c1-2-13-27-20(22(24)25)16-17-7-9-18(10-8-17)26-14-11-23-12-15-28-21-6-4-3-5-19(21)23;7-4(5(11)12)2-1-3-10-6(8)9/h3-10,20H,2,11-16H2,1H3,(H,24,25);4H,1-3,7H2,(H,11,12)(H4,8,9,10)/t20-;/m0./s1. The van der Waals surface area contributed by atoms with Crippen molar-refractivity contribution >= 4 is 35.3 Å². The first kappa shape index (κ1) is 32.7. The largest absolute Gasteiger partial charge is 0.492 e. The molecule has 0 saturated carbocycles. The van der Waals surface area contributed by atoms with Crippen LogP contribution in [-0.2, 0) is 20.7 Å². The van der Waals surface area contributed by atoms with Crippen LogP contribution in [0, 0.1) is 0 Å². The predicted octanol–water partition coefficient (Wildman–Crippen LogP) is 2.55. The second-order valence-corrected chi connectivity index (χ2v) is 10.2. The zero-order valence-electron chi connectivity index (χ0n) is 22.9. The number of fused-ring (bicyclic) bond motifs is 1. The Morgan fingerprint density at radius 3 is 2.45 bits per heavy atom. The number of ether oxygens (including phenoxy) is 2. The van der Waals surface area contributed by atoms with Gasteiger partial charge >= 0.3 is 11.9 Å². The first-order valence-electron chi connectivity index (χ1n) is 13.3. The lowest BCUT2D eigenvalue weighted by atomic mass is 10.1. The van der Waals surface area contributed by atoms with E-state index in [4.69, 9.17) is 31.8 Å². The molecule has 2 aromatic rings. The molecule has 1 unspecified atom stereocenters. The monoisotopic (exact) mass is 575 g/mol. The topological polar surface area (TPSA) is 187 Å². The highest BCUT2D eigenvalue weighted by molar-refractivity contribution is 7.99. The van der Waals surface area contributed by atoms with Gasteiger partial charge in [-0.3, -0.25) is 9.79 Å². The Bertz CT molecular complexity index is 1080. The van der Waals surface area contributed by atoms with Gasteiger partial charge in [-0.1, -0.05) is 31.2 Å². The maximum Gasteiger partial charge on any atom is 0.333 e. The van der Waals surface area contributed by atoms with Gasteiger partial charge in [0, 0.05) is 36.8 Å². The normalized spacial score (nSPS) is 13.7. The van der Waals surface area contributed by atoms with Crippen LogP contribution in [0.4, 0.5) is 5.69 Å². The van der Waals surface area contributed by atoms with E-state index in [0.717, 1.165) is 36.6 Å². The minimum Gasteiger partial charge on any atom is -0.492 e. The fourth-order valence-electron chi connectivity index (χ4n) is 3.79. The zero-order valence-corrected chi connectivity index (χ0v) is 23.7. The van der Waals surface area contributed by atoms with E-state index in [1.165, 1.54) is 10.6 Å². The Kier molecular flexibility index (Phi) is 14.7. The third-order valence-corrected chi connectivity index (χ3v) is 6.93. The molecule has 11 nitrogen and oxygen atoms in total. The number of carboxylic acid groups (broad SMARTS) is 2. The number of carboxylic acids is 2. The maximum absolute atomic E-state index is 11.3. The first-order chi connectivity index (χ1) is 19.2. The van der Waals surface area contributed by atoms with Gasteiger partial charge in [0.05, 0.1) is 12.2 Å². The predicted molar refractivity (Wildman–Crippen MR) is 158 cm³/mol. The molecule has 0 bridgehead atoms. The maximum atomic E-state index is 11.3. The highest BCUT2D eigenvalue weighted by atomic mass is 32.2. The molecule has 8 N–H and O–H groups in total. The molecule has 0 amide bonds. The van der Waals surface area contributed by atoms with Gasteiger partial charge in [0.15, 0.2) is 12.1 Å². The number of hydrogen-bond donors (Lipinski definition) is 5. The second-order valence-electron chi connectivity index (χ2n) is 9.09. The van der Waals surface area contributed by atoms with E-state index in [2.05, 4.69) is 34.2 Å². The Hall–Kier alpha value is -3.48. The summed E-state index contributed by atoms with van der Waals surface area (Å²) in [6.45, 7) is 5.31. The van der Waals surface area contributed by atoms with Crippen LogP contribution in [0.2, 0.25) is 0 Å². The quantitative estimate of drug-likeness (QED) is 0.119. The van der Waals surface area contributed by atoms with Crippen LogP contribution in [0.25, 0.3) is 0 Å². The number of anilines is 1. The highest BCUT2D eigenvalue weighted by Crippen LogP contribution is 2.34. The molecule has 0 radical (unpaired) electrons. The van der Waals surface area contributed by atoms with E-state index >= 15 is 0 Å². The summed E-state index contributed by atoms with van der Waals surface area (Å²) in [4.78, 5) is 28.9. The van der Waals surface area contributed by atoms with Crippen LogP contribution in [-0.4, -0.2) is 78.9 Å². The molecule has 0 aromatic heterocycles. The lowest BCUT2D eigenvalue weighted by Crippen LogP contribution is -2.33. The molecule has 2 atom stereocenters. The average Bonchev–Trinajstić information content (AvgIpc) is 2.94. The zero-order chi connectivity index (χ0) is 29.3. The Morgan fingerprint density at radius 1 is 1.07 bits per heavy atom. The second kappa shape index (κ2) is 18.0. The molecule has 1 aliphatic rings. The summed E-state index contributed by atoms with van der Waals surface area (Å²) in [5.41, 5.74) is 17.5. The summed E-state index contributed by atoms with van der Waals surface area (Å²) < 4.78 is 11.3. The summed E-state index contributed by atoms with van der Waals surface area (Å²) in [6, 6.07) is 15.3. The number of aliphatic carboxylic acids is 2. The third kappa shape index (κ3) is 12.1. The Balaban J connectivity index is 0.000000395. The number of nitrogens with zero attached hydrogens (tertiary/aromatic N) is 2. The molecule has 1 heterocycles. The van der Waals surface area contributed by atoms with Crippen molar-refractivity contribution in [1.29, 1.82) is 0 Å². The summed E-state index contributed by atoms with van der Waals surface area (Å²) in [6.07, 6.45) is 1.32. The number of guanidine groups is 1. The number of thioether (sulfide) groups is 1. The Morgan fingerprint density at radius 2 is 1.80 bits per heavy atom. The van der Waals surface area contributed by atoms with Gasteiger partial charge in [0.25, 0.3) is 0 Å². The van der Waals surface area contributed by atoms with Gasteiger partial charge in [0.2, 0.25) is 0 Å². The lowest BCUT2D eigenvalue weighted by molar-refractivity contribution is -0.150. The minimum atomic E-state index is -1.00. The van der Waals surface area contributed by atoms with Crippen molar-refractivity contribution in [2.24, 2.45) is 22.2 Å². The van der Waals surface area contributed by atoms with E-state index < -0.39 is 24.1 Å². The molecule has 2 aromatic carbocycles. The highest BCUT2D eigenvalue weighted by Gasteiger charge is 2.19. The molecule has 1 aliphatic heterocycles. The third-order valence-electron chi connectivity index (χ3n) is 5.88. The number of para-hydroxylation sites is 1. The molecule has 12 heteroatoms. The van der Waals surface area contributed by atoms with Crippen LogP contribution < -0.4 is 26.8 Å². The Labute approximate surface area is 239 Å². The lowest BCUT2D eigenvalue weighted by Gasteiger charge is -2.30. The summed E-state index contributed by atoms with van der Waals surface area (Å²) in [5.74, 6) is -0.0200. The molecule has 0 aliphatic carbocycles. The smallest absolute Gasteiger partial charge is 0.333 e. The molecule has 220 valence electrons.